The number of carbonyl (C=O) groups excluding carboxylic acids is 3. The highest BCUT2D eigenvalue weighted by Gasteiger charge is 2.35. The molecule has 2 fully saturated rings. The van der Waals surface area contributed by atoms with Gasteiger partial charge in [-0.2, -0.15) is 0 Å². The quantitative estimate of drug-likeness (QED) is 0.313. The van der Waals surface area contributed by atoms with Crippen molar-refractivity contribution in [1.29, 1.82) is 0 Å². The van der Waals surface area contributed by atoms with Gasteiger partial charge in [-0.15, -0.1) is 0 Å². The Morgan fingerprint density at radius 2 is 1.58 bits per heavy atom. The van der Waals surface area contributed by atoms with Gasteiger partial charge in [0.2, 0.25) is 0 Å². The Morgan fingerprint density at radius 3 is 2.23 bits per heavy atom. The third kappa shape index (κ3) is 9.01. The van der Waals surface area contributed by atoms with Gasteiger partial charge in [0.05, 0.1) is 0 Å². The molecule has 2 saturated heterocycles. The molecule has 0 aromatic heterocycles. The zero-order chi connectivity index (χ0) is 33.5. The predicted octanol–water partition coefficient (Wildman–Crippen LogP) is 6.22. The molecule has 0 radical (unpaired) electrons. The zero-order valence-electron chi connectivity index (χ0n) is 28.7. The molecule has 3 aliphatic rings. The average Bonchev–Trinajstić information content (AvgIpc) is 3.25. The van der Waals surface area contributed by atoms with Crippen molar-refractivity contribution >= 4 is 23.7 Å². The van der Waals surface area contributed by atoms with Gasteiger partial charge in [-0.3, -0.25) is 4.79 Å². The highest BCUT2D eigenvalue weighted by molar-refractivity contribution is 5.91. The van der Waals surface area contributed by atoms with E-state index in [0.717, 1.165) is 73.3 Å². The van der Waals surface area contributed by atoms with Gasteiger partial charge in [-0.05, 0) is 106 Å². The van der Waals surface area contributed by atoms with Crippen LogP contribution in [-0.2, 0) is 22.4 Å². The van der Waals surface area contributed by atoms with Crippen molar-refractivity contribution < 1.29 is 24.2 Å². The number of benzene rings is 2. The third-order valence-corrected chi connectivity index (χ3v) is 10.5. The summed E-state index contributed by atoms with van der Waals surface area (Å²) in [7, 11) is 0. The van der Waals surface area contributed by atoms with Gasteiger partial charge in [0, 0.05) is 50.9 Å². The molecular weight excluding hydrogens is 606 g/mol. The number of ether oxygens (including phenoxy) is 1. The Morgan fingerprint density at radius 1 is 0.958 bits per heavy atom. The molecule has 3 heterocycles. The molecule has 264 valence electrons. The number of phenolic OH excluding ortho intramolecular Hbond substituents is 1. The largest absolute Gasteiger partial charge is 0.507 e. The van der Waals surface area contributed by atoms with E-state index < -0.39 is 12.2 Å². The van der Waals surface area contributed by atoms with E-state index in [1.165, 1.54) is 0 Å². The summed E-state index contributed by atoms with van der Waals surface area (Å²) in [5.41, 5.74) is 4.30. The van der Waals surface area contributed by atoms with Crippen molar-refractivity contribution in [3.8, 4) is 5.75 Å². The van der Waals surface area contributed by atoms with Crippen LogP contribution in [0.15, 0.2) is 36.4 Å². The SMILES string of the molecule is C.CCN(CC)CCC1CCN(C(=O)[C@@H](Cc2cc(C)c(O)c(C)c2)OC(=O)N2CCC(N3CCc4ccccc4NC3=O)CC2)CC1. The van der Waals surface area contributed by atoms with Crippen LogP contribution in [0.2, 0.25) is 0 Å². The molecule has 2 N–H and O–H groups in total. The number of amides is 4. The Hall–Kier alpha value is -3.79. The van der Waals surface area contributed by atoms with Gasteiger partial charge in [0.25, 0.3) is 5.91 Å². The van der Waals surface area contributed by atoms with Crippen LogP contribution in [0.1, 0.15) is 75.6 Å². The number of anilines is 1. The standard InChI is InChI=1S/C37H53N5O5.CH4/c1-5-39(6-2)17-11-28-12-18-40(19-13-28)35(44)33(25-29-23-26(3)34(43)27(4)24-29)47-37(46)41-20-15-31(16-21-41)42-22-14-30-9-7-8-10-32(30)38-36(42)45;/h7-10,23-24,28,31,33,43H,5-6,11-22,25H2,1-4H3,(H,38,45);1H4/t33-;/m1./s1. The van der Waals surface area contributed by atoms with Crippen molar-refractivity contribution in [2.75, 3.05) is 57.7 Å². The van der Waals surface area contributed by atoms with Crippen LogP contribution in [0.25, 0.3) is 0 Å². The summed E-state index contributed by atoms with van der Waals surface area (Å²) in [4.78, 5) is 48.5. The van der Waals surface area contributed by atoms with Crippen LogP contribution >= 0.6 is 0 Å². The number of para-hydroxylation sites is 1. The number of carbonyl (C=O) groups is 3. The molecule has 0 spiro atoms. The van der Waals surface area contributed by atoms with E-state index in [0.29, 0.717) is 51.5 Å². The first-order valence-corrected chi connectivity index (χ1v) is 17.6. The van der Waals surface area contributed by atoms with Gasteiger partial charge in [0.15, 0.2) is 6.10 Å². The summed E-state index contributed by atoms with van der Waals surface area (Å²) in [6.07, 6.45) is 3.92. The summed E-state index contributed by atoms with van der Waals surface area (Å²) in [5.74, 6) is 0.676. The van der Waals surface area contributed by atoms with Crippen molar-refractivity contribution in [2.45, 2.75) is 92.2 Å². The van der Waals surface area contributed by atoms with Crippen LogP contribution in [0.3, 0.4) is 0 Å². The molecule has 3 aliphatic heterocycles. The Bertz CT molecular complexity index is 1370. The lowest BCUT2D eigenvalue weighted by atomic mass is 9.92. The molecule has 0 aliphatic carbocycles. The first-order valence-electron chi connectivity index (χ1n) is 17.6. The lowest BCUT2D eigenvalue weighted by Crippen LogP contribution is -2.51. The Kier molecular flexibility index (Phi) is 13.2. The Labute approximate surface area is 287 Å². The number of hydrogen-bond donors (Lipinski definition) is 2. The molecule has 10 heteroatoms. The van der Waals surface area contributed by atoms with Crippen molar-refractivity contribution in [2.24, 2.45) is 5.92 Å². The normalized spacial score (nSPS) is 18.1. The number of likely N-dealkylation sites (tertiary alicyclic amines) is 2. The van der Waals surface area contributed by atoms with E-state index in [-0.39, 0.29) is 37.6 Å². The number of aromatic hydroxyl groups is 1. The molecule has 1 atom stereocenters. The number of nitrogens with zero attached hydrogens (tertiary/aromatic N) is 4. The monoisotopic (exact) mass is 663 g/mol. The molecule has 2 aromatic carbocycles. The number of rotatable bonds is 10. The van der Waals surface area contributed by atoms with Crippen molar-refractivity contribution in [3.63, 3.8) is 0 Å². The van der Waals surface area contributed by atoms with Gasteiger partial charge >= 0.3 is 12.1 Å². The second-order valence-corrected chi connectivity index (χ2v) is 13.5. The van der Waals surface area contributed by atoms with E-state index >= 15 is 0 Å². The van der Waals surface area contributed by atoms with Crippen LogP contribution in [0, 0.1) is 19.8 Å². The van der Waals surface area contributed by atoms with Gasteiger partial charge in [0.1, 0.15) is 5.75 Å². The van der Waals surface area contributed by atoms with Crippen LogP contribution < -0.4 is 5.32 Å². The average molecular weight is 664 g/mol. The highest BCUT2D eigenvalue weighted by atomic mass is 16.6. The molecule has 0 saturated carbocycles. The third-order valence-electron chi connectivity index (χ3n) is 10.5. The molecule has 0 unspecified atom stereocenters. The van der Waals surface area contributed by atoms with E-state index in [1.807, 2.05) is 60.0 Å². The van der Waals surface area contributed by atoms with Gasteiger partial charge in [-0.1, -0.05) is 51.6 Å². The fourth-order valence-corrected chi connectivity index (χ4v) is 7.40. The number of phenols is 1. The minimum Gasteiger partial charge on any atom is -0.507 e. The smallest absolute Gasteiger partial charge is 0.410 e. The van der Waals surface area contributed by atoms with Crippen LogP contribution in [0.5, 0.6) is 5.75 Å². The first kappa shape index (κ1) is 37.0. The molecule has 5 rings (SSSR count). The molecule has 4 amide bonds. The second kappa shape index (κ2) is 17.0. The maximum Gasteiger partial charge on any atom is 0.410 e. The lowest BCUT2D eigenvalue weighted by Gasteiger charge is -2.38. The fourth-order valence-electron chi connectivity index (χ4n) is 7.40. The minimum absolute atomic E-state index is 0. The molecule has 10 nitrogen and oxygen atoms in total. The summed E-state index contributed by atoms with van der Waals surface area (Å²) in [6.45, 7) is 14.1. The van der Waals surface area contributed by atoms with E-state index in [9.17, 15) is 19.5 Å². The maximum atomic E-state index is 14.0. The number of aryl methyl sites for hydroxylation is 2. The maximum absolute atomic E-state index is 14.0. The molecule has 48 heavy (non-hydrogen) atoms. The second-order valence-electron chi connectivity index (χ2n) is 13.5. The van der Waals surface area contributed by atoms with Crippen LogP contribution in [0.4, 0.5) is 15.3 Å². The topological polar surface area (TPSA) is 106 Å². The summed E-state index contributed by atoms with van der Waals surface area (Å²) in [5, 5.41) is 13.4. The summed E-state index contributed by atoms with van der Waals surface area (Å²) >= 11 is 0. The zero-order valence-corrected chi connectivity index (χ0v) is 28.7. The summed E-state index contributed by atoms with van der Waals surface area (Å²) in [6, 6.07) is 11.6. The van der Waals surface area contributed by atoms with Crippen molar-refractivity contribution in [3.05, 3.63) is 58.7 Å². The molecular formula is C38H57N5O5. The highest BCUT2D eigenvalue weighted by Crippen LogP contribution is 2.28. The van der Waals surface area contributed by atoms with Gasteiger partial charge in [-0.25, -0.2) is 9.59 Å². The van der Waals surface area contributed by atoms with Gasteiger partial charge < -0.3 is 34.8 Å². The fraction of sp³-hybridized carbons (Fsp3) is 0.605. The van der Waals surface area contributed by atoms with E-state index in [2.05, 4.69) is 24.1 Å². The number of urea groups is 1. The number of piperidine rings is 2. The van der Waals surface area contributed by atoms with Crippen molar-refractivity contribution in [1.82, 2.24) is 19.6 Å². The minimum atomic E-state index is -0.953. The lowest BCUT2D eigenvalue weighted by molar-refractivity contribution is -0.142. The van der Waals surface area contributed by atoms with E-state index in [1.54, 1.807) is 4.90 Å². The number of hydrogen-bond acceptors (Lipinski definition) is 6. The summed E-state index contributed by atoms with van der Waals surface area (Å²) < 4.78 is 6.05. The molecule has 2 aromatic rings. The van der Waals surface area contributed by atoms with E-state index in [4.69, 9.17) is 4.74 Å². The Balaban J connectivity index is 0.00000520. The predicted molar refractivity (Wildman–Crippen MR) is 190 cm³/mol. The first-order chi connectivity index (χ1) is 22.7. The number of nitrogens with one attached hydrogen (secondary N) is 1. The van der Waals surface area contributed by atoms with Crippen LogP contribution in [-0.4, -0.2) is 107 Å². The molecule has 0 bridgehead atoms. The number of fused-ring (bicyclic) bond motifs is 1.